The highest BCUT2D eigenvalue weighted by atomic mass is 16.5. The molecule has 166 valence electrons. The number of benzene rings is 2. The molecule has 31 heavy (non-hydrogen) atoms. The van der Waals surface area contributed by atoms with Crippen LogP contribution in [0.3, 0.4) is 0 Å². The third-order valence-electron chi connectivity index (χ3n) is 6.12. The third kappa shape index (κ3) is 6.53. The van der Waals surface area contributed by atoms with Gasteiger partial charge in [-0.2, -0.15) is 0 Å². The average Bonchev–Trinajstić information content (AvgIpc) is 2.83. The molecule has 0 atom stereocenters. The van der Waals surface area contributed by atoms with Crippen molar-refractivity contribution in [3.63, 3.8) is 0 Å². The van der Waals surface area contributed by atoms with E-state index in [1.165, 1.54) is 16.7 Å². The lowest BCUT2D eigenvalue weighted by molar-refractivity contribution is 0.0342. The minimum absolute atomic E-state index is 0.800. The normalized spacial score (nSPS) is 18.9. The van der Waals surface area contributed by atoms with Crippen molar-refractivity contribution < 1.29 is 4.74 Å². The number of guanidine groups is 1. The van der Waals surface area contributed by atoms with Crippen molar-refractivity contribution in [2.75, 3.05) is 59.5 Å². The highest BCUT2D eigenvalue weighted by Gasteiger charge is 2.19. The standard InChI is InChI=1S/C25H35N5O/c1-26-25(30-13-11-28(12-14-30)20-23-5-3-2-4-6-23)27-19-22-7-9-24(10-8-22)21-29-15-17-31-18-16-29/h2-10H,11-21H2,1H3,(H,26,27). The van der Waals surface area contributed by atoms with Crippen LogP contribution in [0.25, 0.3) is 0 Å². The molecule has 6 heteroatoms. The molecule has 2 aromatic rings. The zero-order valence-corrected chi connectivity index (χ0v) is 18.7. The molecule has 0 aromatic heterocycles. The Kier molecular flexibility index (Phi) is 7.93. The van der Waals surface area contributed by atoms with E-state index in [0.717, 1.165) is 78.1 Å². The number of morpholine rings is 1. The number of aliphatic imine (C=N–C) groups is 1. The monoisotopic (exact) mass is 421 g/mol. The number of ether oxygens (including phenoxy) is 1. The molecule has 2 saturated heterocycles. The molecule has 0 aliphatic carbocycles. The van der Waals surface area contributed by atoms with Crippen LogP contribution in [0.1, 0.15) is 16.7 Å². The van der Waals surface area contributed by atoms with Crippen molar-refractivity contribution in [3.8, 4) is 0 Å². The molecule has 0 unspecified atom stereocenters. The molecule has 1 N–H and O–H groups in total. The second kappa shape index (κ2) is 11.3. The summed E-state index contributed by atoms with van der Waals surface area (Å²) in [5.41, 5.74) is 4.04. The van der Waals surface area contributed by atoms with Gasteiger partial charge in [-0.05, 0) is 16.7 Å². The minimum Gasteiger partial charge on any atom is -0.379 e. The second-order valence-corrected chi connectivity index (χ2v) is 8.35. The molecule has 2 fully saturated rings. The van der Waals surface area contributed by atoms with E-state index in [2.05, 4.69) is 79.6 Å². The van der Waals surface area contributed by atoms with Crippen LogP contribution in [0.2, 0.25) is 0 Å². The molecule has 0 spiro atoms. The Hall–Kier alpha value is -2.41. The molecule has 2 heterocycles. The van der Waals surface area contributed by atoms with Crippen LogP contribution in [-0.4, -0.2) is 80.2 Å². The van der Waals surface area contributed by atoms with Crippen molar-refractivity contribution in [1.82, 2.24) is 20.0 Å². The van der Waals surface area contributed by atoms with Crippen LogP contribution >= 0.6 is 0 Å². The fourth-order valence-corrected chi connectivity index (χ4v) is 4.25. The van der Waals surface area contributed by atoms with Crippen molar-refractivity contribution in [3.05, 3.63) is 71.3 Å². The van der Waals surface area contributed by atoms with E-state index in [1.54, 1.807) is 0 Å². The number of nitrogens with one attached hydrogen (secondary N) is 1. The molecule has 6 nitrogen and oxygen atoms in total. The van der Waals surface area contributed by atoms with Gasteiger partial charge in [-0.3, -0.25) is 14.8 Å². The van der Waals surface area contributed by atoms with E-state index in [9.17, 15) is 0 Å². The molecular formula is C25H35N5O. The Labute approximate surface area is 186 Å². The predicted molar refractivity (Wildman–Crippen MR) is 126 cm³/mol. The van der Waals surface area contributed by atoms with Crippen molar-refractivity contribution in [1.29, 1.82) is 0 Å². The highest BCUT2D eigenvalue weighted by Crippen LogP contribution is 2.11. The Morgan fingerprint density at radius 2 is 1.35 bits per heavy atom. The first-order valence-corrected chi connectivity index (χ1v) is 11.4. The van der Waals surface area contributed by atoms with E-state index in [4.69, 9.17) is 4.74 Å². The molecule has 4 rings (SSSR count). The molecule has 0 saturated carbocycles. The van der Waals surface area contributed by atoms with E-state index >= 15 is 0 Å². The van der Waals surface area contributed by atoms with Crippen LogP contribution in [0, 0.1) is 0 Å². The molecule has 0 radical (unpaired) electrons. The molecule has 2 aromatic carbocycles. The summed E-state index contributed by atoms with van der Waals surface area (Å²) in [5, 5.41) is 3.55. The number of rotatable bonds is 6. The Balaban J connectivity index is 1.21. The van der Waals surface area contributed by atoms with E-state index in [1.807, 2.05) is 7.05 Å². The van der Waals surface area contributed by atoms with Crippen molar-refractivity contribution in [2.45, 2.75) is 19.6 Å². The maximum atomic E-state index is 5.44. The van der Waals surface area contributed by atoms with Crippen molar-refractivity contribution >= 4 is 5.96 Å². The van der Waals surface area contributed by atoms with Gasteiger partial charge in [0.15, 0.2) is 5.96 Å². The zero-order valence-electron chi connectivity index (χ0n) is 18.7. The fraction of sp³-hybridized carbons (Fsp3) is 0.480. The van der Waals surface area contributed by atoms with Gasteiger partial charge in [0.2, 0.25) is 0 Å². The molecule has 0 amide bonds. The van der Waals surface area contributed by atoms with Gasteiger partial charge in [0, 0.05) is 66.0 Å². The maximum Gasteiger partial charge on any atom is 0.194 e. The topological polar surface area (TPSA) is 43.3 Å². The summed E-state index contributed by atoms with van der Waals surface area (Å²) in [6, 6.07) is 19.7. The van der Waals surface area contributed by atoms with Crippen LogP contribution in [0.5, 0.6) is 0 Å². The summed E-state index contributed by atoms with van der Waals surface area (Å²) < 4.78 is 5.44. The van der Waals surface area contributed by atoms with Crippen LogP contribution in [-0.2, 0) is 24.4 Å². The van der Waals surface area contributed by atoms with Gasteiger partial charge in [-0.15, -0.1) is 0 Å². The first-order valence-electron chi connectivity index (χ1n) is 11.4. The average molecular weight is 422 g/mol. The number of hydrogen-bond donors (Lipinski definition) is 1. The number of hydrogen-bond acceptors (Lipinski definition) is 4. The first-order chi connectivity index (χ1) is 15.3. The van der Waals surface area contributed by atoms with E-state index in [-0.39, 0.29) is 0 Å². The Morgan fingerprint density at radius 1 is 0.774 bits per heavy atom. The van der Waals surface area contributed by atoms with Gasteiger partial charge in [0.05, 0.1) is 13.2 Å². The smallest absolute Gasteiger partial charge is 0.194 e. The zero-order chi connectivity index (χ0) is 21.3. The van der Waals surface area contributed by atoms with Gasteiger partial charge >= 0.3 is 0 Å². The molecule has 0 bridgehead atoms. The second-order valence-electron chi connectivity index (χ2n) is 8.35. The van der Waals surface area contributed by atoms with E-state index < -0.39 is 0 Å². The molecular weight excluding hydrogens is 386 g/mol. The van der Waals surface area contributed by atoms with Gasteiger partial charge in [0.1, 0.15) is 0 Å². The lowest BCUT2D eigenvalue weighted by Gasteiger charge is -2.36. The lowest BCUT2D eigenvalue weighted by atomic mass is 10.1. The van der Waals surface area contributed by atoms with Gasteiger partial charge < -0.3 is 15.0 Å². The van der Waals surface area contributed by atoms with Gasteiger partial charge in [0.25, 0.3) is 0 Å². The van der Waals surface area contributed by atoms with Crippen LogP contribution in [0.4, 0.5) is 0 Å². The quantitative estimate of drug-likeness (QED) is 0.573. The first kappa shape index (κ1) is 21.8. The summed E-state index contributed by atoms with van der Waals surface area (Å²) >= 11 is 0. The number of nitrogens with zero attached hydrogens (tertiary/aromatic N) is 4. The largest absolute Gasteiger partial charge is 0.379 e. The Bertz CT molecular complexity index is 810. The van der Waals surface area contributed by atoms with E-state index in [0.29, 0.717) is 0 Å². The third-order valence-corrected chi connectivity index (χ3v) is 6.12. The molecule has 2 aliphatic rings. The summed E-state index contributed by atoms with van der Waals surface area (Å²) in [5.74, 6) is 0.997. The maximum absolute atomic E-state index is 5.44. The highest BCUT2D eigenvalue weighted by molar-refractivity contribution is 5.80. The van der Waals surface area contributed by atoms with Gasteiger partial charge in [-0.1, -0.05) is 54.6 Å². The molecule has 2 aliphatic heterocycles. The summed E-state index contributed by atoms with van der Waals surface area (Å²) in [6.07, 6.45) is 0. The summed E-state index contributed by atoms with van der Waals surface area (Å²) in [7, 11) is 1.88. The SMILES string of the molecule is CN=C(NCc1ccc(CN2CCOCC2)cc1)N1CCN(Cc2ccccc2)CC1. The Morgan fingerprint density at radius 3 is 2.00 bits per heavy atom. The summed E-state index contributed by atoms with van der Waals surface area (Å²) in [4.78, 5) is 11.9. The van der Waals surface area contributed by atoms with Gasteiger partial charge in [-0.25, -0.2) is 0 Å². The predicted octanol–water partition coefficient (Wildman–Crippen LogP) is 2.41. The summed E-state index contributed by atoms with van der Waals surface area (Å²) in [6.45, 7) is 10.7. The minimum atomic E-state index is 0.800. The fourth-order valence-electron chi connectivity index (χ4n) is 4.25. The van der Waals surface area contributed by atoms with Crippen molar-refractivity contribution in [2.24, 2.45) is 4.99 Å². The lowest BCUT2D eigenvalue weighted by Crippen LogP contribution is -2.52. The van der Waals surface area contributed by atoms with Crippen LogP contribution in [0.15, 0.2) is 59.6 Å². The number of piperazine rings is 1. The van der Waals surface area contributed by atoms with Crippen LogP contribution < -0.4 is 5.32 Å².